The van der Waals surface area contributed by atoms with E-state index in [2.05, 4.69) is 10.3 Å². The van der Waals surface area contributed by atoms with E-state index >= 15 is 0 Å². The Morgan fingerprint density at radius 3 is 2.26 bits per heavy atom. The van der Waals surface area contributed by atoms with E-state index in [1.807, 2.05) is 6.07 Å². The zero-order chi connectivity index (χ0) is 16.7. The van der Waals surface area contributed by atoms with Crippen molar-refractivity contribution < 1.29 is 14.2 Å². The maximum atomic E-state index is 6.01. The van der Waals surface area contributed by atoms with E-state index < -0.39 is 0 Å². The number of benzene rings is 1. The molecule has 0 radical (unpaired) electrons. The van der Waals surface area contributed by atoms with E-state index in [4.69, 9.17) is 19.9 Å². The van der Waals surface area contributed by atoms with Gasteiger partial charge in [0, 0.05) is 17.7 Å². The van der Waals surface area contributed by atoms with Crippen LogP contribution in [0.15, 0.2) is 17.1 Å². The third-order valence-electron chi connectivity index (χ3n) is 4.16. The van der Waals surface area contributed by atoms with Crippen molar-refractivity contribution in [2.45, 2.75) is 44.7 Å². The second-order valence-electron chi connectivity index (χ2n) is 5.70. The molecule has 0 aliphatic heterocycles. The summed E-state index contributed by atoms with van der Waals surface area (Å²) < 4.78 is 16.0. The first-order valence-electron chi connectivity index (χ1n) is 8.03. The van der Waals surface area contributed by atoms with Gasteiger partial charge in [0.05, 0.1) is 27.9 Å². The number of hydrogen-bond donors (Lipinski definition) is 2. The van der Waals surface area contributed by atoms with Crippen LogP contribution in [-0.2, 0) is 6.54 Å². The highest BCUT2D eigenvalue weighted by molar-refractivity contribution is 5.78. The Balaban J connectivity index is 2.07. The summed E-state index contributed by atoms with van der Waals surface area (Å²) >= 11 is 0. The minimum absolute atomic E-state index is 0.426. The van der Waals surface area contributed by atoms with Crippen LogP contribution < -0.4 is 25.3 Å². The molecule has 128 valence electrons. The fraction of sp³-hybridized carbons (Fsp3) is 0.588. The molecule has 1 aromatic rings. The van der Waals surface area contributed by atoms with Crippen molar-refractivity contribution in [1.82, 2.24) is 5.32 Å². The second-order valence-corrected chi connectivity index (χ2v) is 5.70. The normalized spacial score (nSPS) is 16.0. The quantitative estimate of drug-likeness (QED) is 0.621. The molecule has 0 aromatic heterocycles. The standard InChI is InChI=1S/C17H27N3O3/c1-21-14-10-16(23-3)15(22-2)9-12(14)11-19-17(18)20-13-7-5-4-6-8-13/h9-10,13H,4-8,11H2,1-3H3,(H3,18,19,20). The molecule has 0 heterocycles. The number of nitrogens with zero attached hydrogens (tertiary/aromatic N) is 1. The van der Waals surface area contributed by atoms with Gasteiger partial charge >= 0.3 is 0 Å². The van der Waals surface area contributed by atoms with Crippen molar-refractivity contribution in [3.05, 3.63) is 17.7 Å². The first-order valence-corrected chi connectivity index (χ1v) is 8.03. The van der Waals surface area contributed by atoms with Crippen molar-refractivity contribution >= 4 is 5.96 Å². The number of nitrogens with one attached hydrogen (secondary N) is 1. The van der Waals surface area contributed by atoms with Crippen LogP contribution in [0.3, 0.4) is 0 Å². The van der Waals surface area contributed by atoms with Crippen molar-refractivity contribution in [1.29, 1.82) is 0 Å². The Bertz CT molecular complexity index is 540. The lowest BCUT2D eigenvalue weighted by Crippen LogP contribution is -2.41. The molecular weight excluding hydrogens is 294 g/mol. The zero-order valence-corrected chi connectivity index (χ0v) is 14.2. The van der Waals surface area contributed by atoms with Gasteiger partial charge in [-0.3, -0.25) is 0 Å². The first kappa shape index (κ1) is 17.2. The van der Waals surface area contributed by atoms with Gasteiger partial charge in [-0.2, -0.15) is 0 Å². The molecule has 2 rings (SSSR count). The van der Waals surface area contributed by atoms with Crippen molar-refractivity contribution in [2.24, 2.45) is 10.7 Å². The Hall–Kier alpha value is -2.11. The highest BCUT2D eigenvalue weighted by Crippen LogP contribution is 2.34. The van der Waals surface area contributed by atoms with Crippen LogP contribution >= 0.6 is 0 Å². The number of nitrogens with two attached hydrogens (primary N) is 1. The van der Waals surface area contributed by atoms with Gasteiger partial charge in [0.15, 0.2) is 17.5 Å². The van der Waals surface area contributed by atoms with Crippen LogP contribution in [0.1, 0.15) is 37.7 Å². The molecule has 1 saturated carbocycles. The molecule has 1 aliphatic carbocycles. The molecule has 1 aliphatic rings. The first-order chi connectivity index (χ1) is 11.2. The maximum Gasteiger partial charge on any atom is 0.189 e. The van der Waals surface area contributed by atoms with E-state index in [0.29, 0.717) is 35.8 Å². The van der Waals surface area contributed by atoms with Crippen LogP contribution in [0.25, 0.3) is 0 Å². The number of guanidine groups is 1. The van der Waals surface area contributed by atoms with E-state index in [1.165, 1.54) is 19.3 Å². The summed E-state index contributed by atoms with van der Waals surface area (Å²) in [4.78, 5) is 4.43. The van der Waals surface area contributed by atoms with Crippen LogP contribution in [0, 0.1) is 0 Å². The lowest BCUT2D eigenvalue weighted by Gasteiger charge is -2.23. The molecule has 0 saturated heterocycles. The van der Waals surface area contributed by atoms with Gasteiger partial charge in [-0.1, -0.05) is 19.3 Å². The molecule has 0 unspecified atom stereocenters. The predicted octanol–water partition coefficient (Wildman–Crippen LogP) is 2.45. The highest BCUT2D eigenvalue weighted by atomic mass is 16.5. The van der Waals surface area contributed by atoms with E-state index in [-0.39, 0.29) is 0 Å². The summed E-state index contributed by atoms with van der Waals surface area (Å²) in [5.41, 5.74) is 6.91. The summed E-state index contributed by atoms with van der Waals surface area (Å²) in [6, 6.07) is 4.11. The predicted molar refractivity (Wildman–Crippen MR) is 91.4 cm³/mol. The number of hydrogen-bond acceptors (Lipinski definition) is 4. The lowest BCUT2D eigenvalue weighted by molar-refractivity contribution is 0.347. The largest absolute Gasteiger partial charge is 0.496 e. The van der Waals surface area contributed by atoms with Gasteiger partial charge in [0.25, 0.3) is 0 Å². The van der Waals surface area contributed by atoms with Crippen molar-refractivity contribution in [2.75, 3.05) is 21.3 Å². The lowest BCUT2D eigenvalue weighted by atomic mass is 9.96. The average molecular weight is 321 g/mol. The number of aliphatic imine (C=N–C) groups is 1. The highest BCUT2D eigenvalue weighted by Gasteiger charge is 2.14. The van der Waals surface area contributed by atoms with E-state index in [0.717, 1.165) is 18.4 Å². The van der Waals surface area contributed by atoms with Crippen LogP contribution in [0.5, 0.6) is 17.2 Å². The molecule has 23 heavy (non-hydrogen) atoms. The Morgan fingerprint density at radius 1 is 1.04 bits per heavy atom. The van der Waals surface area contributed by atoms with Crippen LogP contribution in [0.2, 0.25) is 0 Å². The van der Waals surface area contributed by atoms with Gasteiger partial charge in [0.1, 0.15) is 5.75 Å². The monoisotopic (exact) mass is 321 g/mol. The van der Waals surface area contributed by atoms with Crippen LogP contribution in [-0.4, -0.2) is 33.3 Å². The molecule has 6 heteroatoms. The summed E-state index contributed by atoms with van der Waals surface area (Å²) in [7, 11) is 4.83. The molecule has 0 spiro atoms. The minimum Gasteiger partial charge on any atom is -0.496 e. The molecule has 0 bridgehead atoms. The Morgan fingerprint density at radius 2 is 1.65 bits per heavy atom. The smallest absolute Gasteiger partial charge is 0.189 e. The molecular formula is C17H27N3O3. The number of rotatable bonds is 6. The minimum atomic E-state index is 0.426. The van der Waals surface area contributed by atoms with Gasteiger partial charge in [0.2, 0.25) is 0 Å². The molecule has 6 nitrogen and oxygen atoms in total. The van der Waals surface area contributed by atoms with Gasteiger partial charge in [-0.25, -0.2) is 4.99 Å². The topological polar surface area (TPSA) is 78.1 Å². The third-order valence-corrected chi connectivity index (χ3v) is 4.16. The summed E-state index contributed by atoms with van der Waals surface area (Å²) in [5, 5.41) is 3.31. The number of ether oxygens (including phenoxy) is 3. The second kappa shape index (κ2) is 8.50. The third kappa shape index (κ3) is 4.68. The SMILES string of the molecule is COc1cc(OC)c(OC)cc1CN=C(N)NC1CCCCC1. The van der Waals surface area contributed by atoms with E-state index in [9.17, 15) is 0 Å². The average Bonchev–Trinajstić information content (AvgIpc) is 2.59. The van der Waals surface area contributed by atoms with E-state index in [1.54, 1.807) is 27.4 Å². The zero-order valence-electron chi connectivity index (χ0n) is 14.2. The molecule has 1 aromatic carbocycles. The molecule has 3 N–H and O–H groups in total. The summed E-state index contributed by atoms with van der Waals surface area (Å²) in [6.45, 7) is 0.426. The molecule has 0 amide bonds. The number of methoxy groups -OCH3 is 3. The molecule has 0 atom stereocenters. The van der Waals surface area contributed by atoms with Gasteiger partial charge < -0.3 is 25.3 Å². The Labute approximate surface area is 138 Å². The summed E-state index contributed by atoms with van der Waals surface area (Å²) in [5.74, 6) is 2.47. The van der Waals surface area contributed by atoms with Crippen molar-refractivity contribution in [3.8, 4) is 17.2 Å². The van der Waals surface area contributed by atoms with Crippen molar-refractivity contribution in [3.63, 3.8) is 0 Å². The Kier molecular flexibility index (Phi) is 6.38. The van der Waals surface area contributed by atoms with Gasteiger partial charge in [-0.05, 0) is 18.9 Å². The maximum absolute atomic E-state index is 6.01. The molecule has 1 fully saturated rings. The van der Waals surface area contributed by atoms with Gasteiger partial charge in [-0.15, -0.1) is 0 Å². The fourth-order valence-electron chi connectivity index (χ4n) is 2.89. The van der Waals surface area contributed by atoms with Crippen LogP contribution in [0.4, 0.5) is 0 Å². The fourth-order valence-corrected chi connectivity index (χ4v) is 2.89. The summed E-state index contributed by atoms with van der Waals surface area (Å²) in [6.07, 6.45) is 6.16.